The summed E-state index contributed by atoms with van der Waals surface area (Å²) >= 11 is 0. The molecule has 0 amide bonds. The van der Waals surface area contributed by atoms with Crippen LogP contribution in [-0.4, -0.2) is 26.0 Å². The fourth-order valence-electron chi connectivity index (χ4n) is 1.99. The highest BCUT2D eigenvalue weighted by Crippen LogP contribution is 2.23. The molecule has 1 unspecified atom stereocenters. The van der Waals surface area contributed by atoms with Crippen LogP contribution in [0.25, 0.3) is 0 Å². The fourth-order valence-corrected chi connectivity index (χ4v) is 3.63. The lowest BCUT2D eigenvalue weighted by Gasteiger charge is -2.24. The molecule has 3 nitrogen and oxygen atoms in total. The molecule has 0 bridgehead atoms. The summed E-state index contributed by atoms with van der Waals surface area (Å²) in [4.78, 5) is 0. The maximum Gasteiger partial charge on any atom is 0.196 e. The van der Waals surface area contributed by atoms with Crippen molar-refractivity contribution in [1.82, 2.24) is 0 Å². The Hall–Kier alpha value is -1.24. The molecular formula is C11H12F3NO2S. The minimum atomic E-state index is -3.14. The highest BCUT2D eigenvalue weighted by atomic mass is 32.2. The molecule has 1 aromatic rings. The number of sulfone groups is 1. The molecule has 0 radical (unpaired) electrons. The van der Waals surface area contributed by atoms with Gasteiger partial charge in [-0.3, -0.25) is 0 Å². The Kier molecular flexibility index (Phi) is 3.52. The number of hydrogen-bond donors (Lipinski definition) is 1. The Morgan fingerprint density at radius 1 is 1.17 bits per heavy atom. The quantitative estimate of drug-likeness (QED) is 0.843. The van der Waals surface area contributed by atoms with Gasteiger partial charge in [0, 0.05) is 6.04 Å². The number of anilines is 1. The first-order valence-corrected chi connectivity index (χ1v) is 7.31. The highest BCUT2D eigenvalue weighted by molar-refractivity contribution is 7.91. The third-order valence-electron chi connectivity index (χ3n) is 2.86. The van der Waals surface area contributed by atoms with E-state index in [1.54, 1.807) is 0 Å². The van der Waals surface area contributed by atoms with E-state index in [1.165, 1.54) is 0 Å². The van der Waals surface area contributed by atoms with Crippen molar-refractivity contribution in [3.63, 3.8) is 0 Å². The average molecular weight is 279 g/mol. The van der Waals surface area contributed by atoms with E-state index in [2.05, 4.69) is 5.32 Å². The van der Waals surface area contributed by atoms with Gasteiger partial charge in [0.05, 0.1) is 17.2 Å². The molecule has 1 N–H and O–H groups in total. The summed E-state index contributed by atoms with van der Waals surface area (Å²) in [7, 11) is -3.14. The van der Waals surface area contributed by atoms with E-state index in [9.17, 15) is 21.6 Å². The van der Waals surface area contributed by atoms with Crippen LogP contribution < -0.4 is 5.32 Å². The Balaban J connectivity index is 2.17. The van der Waals surface area contributed by atoms with Crippen molar-refractivity contribution in [3.8, 4) is 0 Å². The van der Waals surface area contributed by atoms with E-state index in [4.69, 9.17) is 0 Å². The minimum Gasteiger partial charge on any atom is -0.379 e. The third kappa shape index (κ3) is 2.77. The summed E-state index contributed by atoms with van der Waals surface area (Å²) in [6, 6.07) is 1.40. The van der Waals surface area contributed by atoms with Gasteiger partial charge in [-0.15, -0.1) is 0 Å². The molecule has 1 atom stereocenters. The zero-order chi connectivity index (χ0) is 13.3. The van der Waals surface area contributed by atoms with E-state index >= 15 is 0 Å². The summed E-state index contributed by atoms with van der Waals surface area (Å²) in [5, 5.41) is 2.61. The molecule has 0 saturated carbocycles. The number of hydrogen-bond acceptors (Lipinski definition) is 3. The van der Waals surface area contributed by atoms with Crippen molar-refractivity contribution >= 4 is 15.5 Å². The maximum atomic E-state index is 13.4. The monoisotopic (exact) mass is 279 g/mol. The molecular weight excluding hydrogens is 267 g/mol. The van der Waals surface area contributed by atoms with Gasteiger partial charge < -0.3 is 5.32 Å². The number of nitrogens with one attached hydrogen (secondary N) is 1. The van der Waals surface area contributed by atoms with Crippen molar-refractivity contribution in [2.45, 2.75) is 18.9 Å². The summed E-state index contributed by atoms with van der Waals surface area (Å²) in [5.41, 5.74) is -0.212. The second-order valence-corrected chi connectivity index (χ2v) is 6.55. The van der Waals surface area contributed by atoms with E-state index in [-0.39, 0.29) is 17.2 Å². The first kappa shape index (κ1) is 13.2. The normalized spacial score (nSPS) is 22.7. The van der Waals surface area contributed by atoms with Gasteiger partial charge in [0.15, 0.2) is 27.3 Å². The second kappa shape index (κ2) is 4.79. The molecule has 1 aromatic carbocycles. The first-order chi connectivity index (χ1) is 8.39. The highest BCUT2D eigenvalue weighted by Gasteiger charge is 2.25. The lowest BCUT2D eigenvalue weighted by atomic mass is 10.1. The smallest absolute Gasteiger partial charge is 0.196 e. The SMILES string of the molecule is O=S1(=O)CCCC(Nc2ccc(F)c(F)c2F)C1. The van der Waals surface area contributed by atoms with E-state index < -0.39 is 33.3 Å². The van der Waals surface area contributed by atoms with Crippen LogP contribution in [0.2, 0.25) is 0 Å². The fraction of sp³-hybridized carbons (Fsp3) is 0.455. The van der Waals surface area contributed by atoms with Crippen molar-refractivity contribution in [1.29, 1.82) is 0 Å². The van der Waals surface area contributed by atoms with Crippen LogP contribution in [0.4, 0.5) is 18.9 Å². The van der Waals surface area contributed by atoms with Gasteiger partial charge in [0.25, 0.3) is 0 Å². The summed E-state index contributed by atoms with van der Waals surface area (Å²) < 4.78 is 61.9. The largest absolute Gasteiger partial charge is 0.379 e. The lowest BCUT2D eigenvalue weighted by Crippen LogP contribution is -2.35. The zero-order valence-corrected chi connectivity index (χ0v) is 10.2. The Labute approximate surface area is 103 Å². The van der Waals surface area contributed by atoms with Gasteiger partial charge in [0.1, 0.15) is 0 Å². The molecule has 0 aliphatic carbocycles. The van der Waals surface area contributed by atoms with Crippen molar-refractivity contribution in [3.05, 3.63) is 29.6 Å². The topological polar surface area (TPSA) is 46.2 Å². The summed E-state index contributed by atoms with van der Waals surface area (Å²) in [5.74, 6) is -4.15. The molecule has 7 heteroatoms. The summed E-state index contributed by atoms with van der Waals surface area (Å²) in [6.45, 7) is 0. The Morgan fingerprint density at radius 3 is 2.56 bits per heavy atom. The Morgan fingerprint density at radius 2 is 1.89 bits per heavy atom. The van der Waals surface area contributed by atoms with Crippen LogP contribution in [0, 0.1) is 17.5 Å². The van der Waals surface area contributed by atoms with Gasteiger partial charge in [-0.1, -0.05) is 0 Å². The van der Waals surface area contributed by atoms with Gasteiger partial charge >= 0.3 is 0 Å². The van der Waals surface area contributed by atoms with Crippen LogP contribution in [0.3, 0.4) is 0 Å². The van der Waals surface area contributed by atoms with Crippen LogP contribution in [-0.2, 0) is 9.84 Å². The van der Waals surface area contributed by atoms with Crippen LogP contribution >= 0.6 is 0 Å². The van der Waals surface area contributed by atoms with E-state index in [0.717, 1.165) is 12.1 Å². The molecule has 1 fully saturated rings. The van der Waals surface area contributed by atoms with Gasteiger partial charge in [-0.25, -0.2) is 21.6 Å². The van der Waals surface area contributed by atoms with Gasteiger partial charge in [0.2, 0.25) is 0 Å². The Bertz CT molecular complexity index is 560. The summed E-state index contributed by atoms with van der Waals surface area (Å²) in [6.07, 6.45) is 1.03. The predicted molar refractivity (Wildman–Crippen MR) is 61.6 cm³/mol. The second-order valence-electron chi connectivity index (χ2n) is 4.32. The van der Waals surface area contributed by atoms with Crippen molar-refractivity contribution < 1.29 is 21.6 Å². The van der Waals surface area contributed by atoms with Crippen LogP contribution in [0.1, 0.15) is 12.8 Å². The maximum absolute atomic E-state index is 13.4. The molecule has 0 aromatic heterocycles. The number of halogens is 3. The molecule has 18 heavy (non-hydrogen) atoms. The first-order valence-electron chi connectivity index (χ1n) is 5.49. The van der Waals surface area contributed by atoms with Gasteiger partial charge in [-0.05, 0) is 25.0 Å². The number of rotatable bonds is 2. The average Bonchev–Trinajstić information content (AvgIpc) is 2.29. The molecule has 0 spiro atoms. The third-order valence-corrected chi connectivity index (χ3v) is 4.68. The van der Waals surface area contributed by atoms with Crippen LogP contribution in [0.15, 0.2) is 12.1 Å². The minimum absolute atomic E-state index is 0.117. The van der Waals surface area contributed by atoms with E-state index in [0.29, 0.717) is 12.8 Å². The predicted octanol–water partition coefficient (Wildman–Crippen LogP) is 2.09. The van der Waals surface area contributed by atoms with Crippen molar-refractivity contribution in [2.75, 3.05) is 16.8 Å². The molecule has 100 valence electrons. The molecule has 1 aliphatic rings. The van der Waals surface area contributed by atoms with Gasteiger partial charge in [-0.2, -0.15) is 0 Å². The molecule has 1 aliphatic heterocycles. The lowest BCUT2D eigenvalue weighted by molar-refractivity contribution is 0.448. The molecule has 1 heterocycles. The standard InChI is InChI=1S/C11H12F3NO2S/c12-8-3-4-9(11(14)10(8)13)15-7-2-1-5-18(16,17)6-7/h3-4,7,15H,1-2,5-6H2. The molecule has 2 rings (SSSR count). The zero-order valence-electron chi connectivity index (χ0n) is 9.42. The number of benzene rings is 1. The van der Waals surface area contributed by atoms with Crippen molar-refractivity contribution in [2.24, 2.45) is 0 Å². The van der Waals surface area contributed by atoms with Crippen LogP contribution in [0.5, 0.6) is 0 Å². The van der Waals surface area contributed by atoms with E-state index in [1.807, 2.05) is 0 Å². The molecule has 1 saturated heterocycles.